The first-order valence-corrected chi connectivity index (χ1v) is 22.7. The van der Waals surface area contributed by atoms with E-state index in [-0.39, 0.29) is 10.8 Å². The Labute approximate surface area is 372 Å². The monoisotopic (exact) mass is 807 g/mol. The molecule has 0 aromatic heterocycles. The largest absolute Gasteiger partial charge is 0.310 e. The van der Waals surface area contributed by atoms with Gasteiger partial charge in [0.2, 0.25) is 0 Å². The molecule has 0 N–H and O–H groups in total. The molecule has 302 valence electrons. The van der Waals surface area contributed by atoms with Crippen LogP contribution in [0.3, 0.4) is 0 Å². The highest BCUT2D eigenvalue weighted by atomic mass is 15.1. The predicted octanol–water partition coefficient (Wildman–Crippen LogP) is 17.0. The van der Waals surface area contributed by atoms with Gasteiger partial charge in [-0.05, 0) is 133 Å². The highest BCUT2D eigenvalue weighted by Crippen LogP contribution is 2.58. The Morgan fingerprint density at radius 3 is 1.57 bits per heavy atom. The summed E-state index contributed by atoms with van der Waals surface area (Å²) in [6, 6.07) is 79.4. The summed E-state index contributed by atoms with van der Waals surface area (Å²) in [4.78, 5) is 2.52. The summed E-state index contributed by atoms with van der Waals surface area (Å²) in [5.74, 6) is 0. The first kappa shape index (κ1) is 37.5. The molecule has 0 radical (unpaired) electrons. The molecule has 1 nitrogen and oxygen atoms in total. The van der Waals surface area contributed by atoms with Crippen molar-refractivity contribution in [2.24, 2.45) is 0 Å². The predicted molar refractivity (Wildman–Crippen MR) is 265 cm³/mol. The van der Waals surface area contributed by atoms with Crippen LogP contribution in [0.2, 0.25) is 0 Å². The lowest BCUT2D eigenvalue weighted by atomic mass is 9.76. The summed E-state index contributed by atoms with van der Waals surface area (Å²) in [6.45, 7) is 4.76. The molecule has 1 saturated carbocycles. The molecule has 0 heterocycles. The molecule has 9 aromatic carbocycles. The number of fused-ring (bicyclic) bond motifs is 8. The van der Waals surface area contributed by atoms with Crippen LogP contribution in [0.25, 0.3) is 66.8 Å². The quantitative estimate of drug-likeness (QED) is 0.155. The zero-order valence-corrected chi connectivity index (χ0v) is 36.0. The maximum Gasteiger partial charge on any atom is 0.0540 e. The molecular formula is C62H49N. The van der Waals surface area contributed by atoms with Crippen LogP contribution in [-0.2, 0) is 10.8 Å². The Morgan fingerprint density at radius 1 is 0.333 bits per heavy atom. The van der Waals surface area contributed by atoms with E-state index < -0.39 is 0 Å². The SMILES string of the molecule is CC1(C)c2ccccc2-c2cccc(-c3ccc(N(c4ccc5c(c4)C4(CCCC4)c4ccccc4-5)c4ccccc4-c4ccc(-c5ccccc5)c(-c5ccccc5)c4)cc3)c21. The van der Waals surface area contributed by atoms with Crippen LogP contribution >= 0.6 is 0 Å². The number of hydrogen-bond acceptors (Lipinski definition) is 1. The minimum absolute atomic E-state index is 0.0624. The van der Waals surface area contributed by atoms with Crippen molar-refractivity contribution in [3.8, 4) is 66.8 Å². The third kappa shape index (κ3) is 5.90. The normalized spacial score (nSPS) is 14.8. The maximum atomic E-state index is 2.54. The fourth-order valence-electron chi connectivity index (χ4n) is 11.8. The number of rotatable bonds is 7. The lowest BCUT2D eigenvalue weighted by Gasteiger charge is -2.31. The Hall–Kier alpha value is -7.22. The van der Waals surface area contributed by atoms with E-state index in [0.29, 0.717) is 0 Å². The van der Waals surface area contributed by atoms with Gasteiger partial charge < -0.3 is 4.90 Å². The van der Waals surface area contributed by atoms with Crippen molar-refractivity contribution >= 4 is 17.1 Å². The highest BCUT2D eigenvalue weighted by molar-refractivity contribution is 5.95. The van der Waals surface area contributed by atoms with Gasteiger partial charge in [-0.15, -0.1) is 0 Å². The molecule has 0 aliphatic heterocycles. The minimum atomic E-state index is -0.0982. The molecule has 0 bridgehead atoms. The fraction of sp³-hybridized carbons (Fsp3) is 0.129. The van der Waals surface area contributed by atoms with Gasteiger partial charge in [-0.2, -0.15) is 0 Å². The fourth-order valence-corrected chi connectivity index (χ4v) is 11.8. The van der Waals surface area contributed by atoms with E-state index in [2.05, 4.69) is 231 Å². The molecule has 0 amide bonds. The van der Waals surface area contributed by atoms with Crippen LogP contribution in [0.15, 0.2) is 212 Å². The maximum absolute atomic E-state index is 2.54. The standard InChI is InChI=1S/C62H49N/c1-61(2)56-27-12-9-24-52(56)54-26-17-25-50(60(54)61)44-30-33-46(34-31-44)63(47-35-37-53-51-23-10-13-28-57(51)62(58(53)41-47)38-15-16-39-62)59-29-14-11-22-49(59)45-32-36-48(42-18-5-3-6-19-42)55(40-45)43-20-7-4-8-21-43/h3-14,17-37,40-41H,15-16,38-39H2,1-2H3. The van der Waals surface area contributed by atoms with E-state index in [1.165, 1.54) is 120 Å². The Morgan fingerprint density at radius 2 is 0.841 bits per heavy atom. The summed E-state index contributed by atoms with van der Waals surface area (Å²) in [6.07, 6.45) is 4.92. The molecular weight excluding hydrogens is 759 g/mol. The van der Waals surface area contributed by atoms with E-state index in [9.17, 15) is 0 Å². The average Bonchev–Trinajstić information content (AvgIpc) is 4.02. The van der Waals surface area contributed by atoms with Gasteiger partial charge in [0.05, 0.1) is 5.69 Å². The summed E-state index contributed by atoms with van der Waals surface area (Å²) in [5, 5.41) is 0. The number of anilines is 3. The zero-order chi connectivity index (χ0) is 42.1. The Kier molecular flexibility index (Phi) is 8.76. The average molecular weight is 808 g/mol. The number of nitrogens with zero attached hydrogens (tertiary/aromatic N) is 1. The Bertz CT molecular complexity index is 3190. The first-order chi connectivity index (χ1) is 31.0. The molecule has 12 rings (SSSR count). The van der Waals surface area contributed by atoms with Crippen molar-refractivity contribution in [3.63, 3.8) is 0 Å². The van der Waals surface area contributed by atoms with Gasteiger partial charge in [0.25, 0.3) is 0 Å². The highest BCUT2D eigenvalue weighted by Gasteiger charge is 2.45. The van der Waals surface area contributed by atoms with Crippen molar-refractivity contribution < 1.29 is 0 Å². The second kappa shape index (κ2) is 14.7. The lowest BCUT2D eigenvalue weighted by molar-refractivity contribution is 0.550. The van der Waals surface area contributed by atoms with Gasteiger partial charge in [-0.3, -0.25) is 0 Å². The van der Waals surface area contributed by atoms with Gasteiger partial charge in [0.15, 0.2) is 0 Å². The third-order valence-electron chi connectivity index (χ3n) is 14.6. The molecule has 63 heavy (non-hydrogen) atoms. The van der Waals surface area contributed by atoms with Crippen LogP contribution in [0.1, 0.15) is 61.8 Å². The second-order valence-electron chi connectivity index (χ2n) is 18.4. The van der Waals surface area contributed by atoms with Gasteiger partial charge >= 0.3 is 0 Å². The lowest BCUT2D eigenvalue weighted by Crippen LogP contribution is -2.21. The number of para-hydroxylation sites is 1. The molecule has 0 saturated heterocycles. The van der Waals surface area contributed by atoms with Gasteiger partial charge in [0, 0.05) is 27.8 Å². The molecule has 3 aliphatic rings. The molecule has 1 spiro atoms. The molecule has 1 fully saturated rings. The molecule has 3 aliphatic carbocycles. The number of benzene rings is 9. The van der Waals surface area contributed by atoms with Gasteiger partial charge in [-0.25, -0.2) is 0 Å². The Balaban J connectivity index is 1.04. The van der Waals surface area contributed by atoms with Crippen molar-refractivity contribution in [2.75, 3.05) is 4.90 Å². The van der Waals surface area contributed by atoms with Gasteiger partial charge in [-0.1, -0.05) is 203 Å². The molecule has 1 heteroatoms. The summed E-state index contributed by atoms with van der Waals surface area (Å²) >= 11 is 0. The minimum Gasteiger partial charge on any atom is -0.310 e. The first-order valence-electron chi connectivity index (χ1n) is 22.7. The van der Waals surface area contributed by atoms with Crippen molar-refractivity contribution in [1.29, 1.82) is 0 Å². The zero-order valence-electron chi connectivity index (χ0n) is 36.0. The summed E-state index contributed by atoms with van der Waals surface area (Å²) < 4.78 is 0. The van der Waals surface area contributed by atoms with Crippen LogP contribution in [0.5, 0.6) is 0 Å². The van der Waals surface area contributed by atoms with E-state index in [0.717, 1.165) is 11.4 Å². The summed E-state index contributed by atoms with van der Waals surface area (Å²) in [5.41, 5.74) is 24.6. The van der Waals surface area contributed by atoms with Crippen molar-refractivity contribution in [2.45, 2.75) is 50.4 Å². The molecule has 9 aromatic rings. The smallest absolute Gasteiger partial charge is 0.0540 e. The van der Waals surface area contributed by atoms with Crippen LogP contribution in [-0.4, -0.2) is 0 Å². The van der Waals surface area contributed by atoms with E-state index in [1.807, 2.05) is 0 Å². The van der Waals surface area contributed by atoms with Crippen molar-refractivity contribution in [3.05, 3.63) is 235 Å². The molecule has 0 atom stereocenters. The second-order valence-corrected chi connectivity index (χ2v) is 18.4. The van der Waals surface area contributed by atoms with E-state index >= 15 is 0 Å². The van der Waals surface area contributed by atoms with Crippen LogP contribution < -0.4 is 4.90 Å². The number of hydrogen-bond donors (Lipinski definition) is 0. The summed E-state index contributed by atoms with van der Waals surface area (Å²) in [7, 11) is 0. The van der Waals surface area contributed by atoms with E-state index in [1.54, 1.807) is 0 Å². The third-order valence-corrected chi connectivity index (χ3v) is 14.6. The van der Waals surface area contributed by atoms with Crippen LogP contribution in [0.4, 0.5) is 17.1 Å². The van der Waals surface area contributed by atoms with Crippen LogP contribution in [0, 0.1) is 0 Å². The topological polar surface area (TPSA) is 3.24 Å². The molecule has 0 unspecified atom stereocenters. The van der Waals surface area contributed by atoms with Gasteiger partial charge in [0.1, 0.15) is 0 Å². The van der Waals surface area contributed by atoms with Crippen molar-refractivity contribution in [1.82, 2.24) is 0 Å². The van der Waals surface area contributed by atoms with E-state index in [4.69, 9.17) is 0 Å².